The van der Waals surface area contributed by atoms with Crippen LogP contribution in [-0.4, -0.2) is 9.97 Å². The number of para-hydroxylation sites is 1. The molecule has 4 heteroatoms. The average molecular weight is 785 g/mol. The van der Waals surface area contributed by atoms with Gasteiger partial charge in [0.1, 0.15) is 5.58 Å². The number of benzene rings is 5. The molecular formula is C43H32IrN2O-2. The molecular weight excluding hydrogens is 753 g/mol. The van der Waals surface area contributed by atoms with Gasteiger partial charge in [0, 0.05) is 43.8 Å². The van der Waals surface area contributed by atoms with Crippen molar-refractivity contribution in [3.63, 3.8) is 0 Å². The summed E-state index contributed by atoms with van der Waals surface area (Å²) in [4.78, 5) is 9.03. The number of furan rings is 1. The Morgan fingerprint density at radius 1 is 0.596 bits per heavy atom. The van der Waals surface area contributed by atoms with E-state index in [1.165, 1.54) is 22.3 Å². The quantitative estimate of drug-likeness (QED) is 0.158. The van der Waals surface area contributed by atoms with E-state index in [0.29, 0.717) is 5.92 Å². The van der Waals surface area contributed by atoms with Crippen LogP contribution in [0.5, 0.6) is 0 Å². The largest absolute Gasteiger partial charge is 0.501 e. The summed E-state index contributed by atoms with van der Waals surface area (Å²) in [5, 5.41) is 2.22. The molecule has 0 bridgehead atoms. The molecule has 1 unspecified atom stereocenters. The number of fused-ring (bicyclic) bond motifs is 3. The third-order valence-corrected chi connectivity index (χ3v) is 8.24. The minimum absolute atomic E-state index is 0. The minimum atomic E-state index is 0. The predicted molar refractivity (Wildman–Crippen MR) is 188 cm³/mol. The SMILES string of the molecule is CC(c1ccccc1)c1ccnc(-c2[c-]cccc2)c1.[Ir].[c-]1ccc2c(oc3ccccc32)c1-c1cc(Cc2ccccc2)ccn1. The van der Waals surface area contributed by atoms with Gasteiger partial charge in [-0.1, -0.05) is 109 Å². The maximum Gasteiger partial charge on any atom is 0.120 e. The Balaban J connectivity index is 0.000000167. The van der Waals surface area contributed by atoms with E-state index in [-0.39, 0.29) is 20.1 Å². The maximum absolute atomic E-state index is 6.12. The van der Waals surface area contributed by atoms with Gasteiger partial charge in [-0.15, -0.1) is 54.1 Å². The second-order valence-corrected chi connectivity index (χ2v) is 11.3. The summed E-state index contributed by atoms with van der Waals surface area (Å²) in [6, 6.07) is 56.1. The predicted octanol–water partition coefficient (Wildman–Crippen LogP) is 10.7. The van der Waals surface area contributed by atoms with Crippen molar-refractivity contribution >= 4 is 21.9 Å². The molecule has 8 rings (SSSR count). The van der Waals surface area contributed by atoms with Crippen LogP contribution in [0.3, 0.4) is 0 Å². The zero-order valence-electron chi connectivity index (χ0n) is 25.9. The van der Waals surface area contributed by atoms with E-state index in [4.69, 9.17) is 4.42 Å². The van der Waals surface area contributed by atoms with Crippen molar-refractivity contribution in [1.82, 2.24) is 9.97 Å². The van der Waals surface area contributed by atoms with Gasteiger partial charge in [-0.25, -0.2) is 0 Å². The molecule has 5 aromatic carbocycles. The number of nitrogens with zero attached hydrogens (tertiary/aromatic N) is 2. The molecule has 3 aromatic heterocycles. The molecule has 0 aliphatic rings. The van der Waals surface area contributed by atoms with E-state index in [9.17, 15) is 0 Å². The third kappa shape index (κ3) is 7.31. The van der Waals surface area contributed by atoms with Gasteiger partial charge in [-0.2, -0.15) is 0 Å². The molecule has 47 heavy (non-hydrogen) atoms. The molecule has 0 spiro atoms. The van der Waals surface area contributed by atoms with E-state index < -0.39 is 0 Å². The van der Waals surface area contributed by atoms with Gasteiger partial charge in [0.2, 0.25) is 0 Å². The van der Waals surface area contributed by atoms with Crippen LogP contribution < -0.4 is 0 Å². The Bertz CT molecular complexity index is 2200. The van der Waals surface area contributed by atoms with Crippen molar-refractivity contribution in [2.45, 2.75) is 19.3 Å². The van der Waals surface area contributed by atoms with Gasteiger partial charge >= 0.3 is 0 Å². The second-order valence-electron chi connectivity index (χ2n) is 11.3. The first-order valence-electron chi connectivity index (χ1n) is 15.5. The molecule has 0 aliphatic heterocycles. The number of hydrogen-bond donors (Lipinski definition) is 0. The standard InChI is InChI=1S/C24H16NO.C19H16N.Ir/c1-2-7-17(8-3-1)15-18-13-14-25-22(16-18)21-11-6-10-20-19-9-4-5-12-23(19)26-24(20)21;1-15(16-8-4-2-5-9-16)18-12-13-20-19(14-18)17-10-6-3-7-11-17;/h1-10,12-14,16H,15H2;2-10,12-15H,1H3;/q2*-1;. The van der Waals surface area contributed by atoms with Crippen LogP contribution in [0.25, 0.3) is 44.5 Å². The summed E-state index contributed by atoms with van der Waals surface area (Å²) in [6.45, 7) is 2.23. The van der Waals surface area contributed by atoms with Gasteiger partial charge < -0.3 is 14.4 Å². The third-order valence-electron chi connectivity index (χ3n) is 8.24. The summed E-state index contributed by atoms with van der Waals surface area (Å²) in [7, 11) is 0. The zero-order chi connectivity index (χ0) is 31.1. The van der Waals surface area contributed by atoms with E-state index in [1.807, 2.05) is 73.1 Å². The topological polar surface area (TPSA) is 38.9 Å². The Labute approximate surface area is 289 Å². The fraction of sp³-hybridized carbons (Fsp3) is 0.0698. The molecule has 3 nitrogen and oxygen atoms in total. The van der Waals surface area contributed by atoms with Gasteiger partial charge in [-0.3, -0.25) is 0 Å². The summed E-state index contributed by atoms with van der Waals surface area (Å²) >= 11 is 0. The van der Waals surface area contributed by atoms with Gasteiger partial charge in [-0.05, 0) is 58.3 Å². The fourth-order valence-electron chi connectivity index (χ4n) is 5.78. The average Bonchev–Trinajstić information content (AvgIpc) is 3.52. The molecule has 1 atom stereocenters. The smallest absolute Gasteiger partial charge is 0.120 e. The zero-order valence-corrected chi connectivity index (χ0v) is 28.3. The van der Waals surface area contributed by atoms with Crippen molar-refractivity contribution in [3.05, 3.63) is 192 Å². The van der Waals surface area contributed by atoms with E-state index in [0.717, 1.165) is 50.9 Å². The van der Waals surface area contributed by atoms with Crippen molar-refractivity contribution < 1.29 is 24.5 Å². The van der Waals surface area contributed by atoms with Crippen molar-refractivity contribution in [1.29, 1.82) is 0 Å². The molecule has 3 heterocycles. The van der Waals surface area contributed by atoms with E-state index in [1.54, 1.807) is 0 Å². The van der Waals surface area contributed by atoms with Crippen LogP contribution >= 0.6 is 0 Å². The summed E-state index contributed by atoms with van der Waals surface area (Å²) in [6.07, 6.45) is 4.63. The van der Waals surface area contributed by atoms with Crippen LogP contribution in [0.15, 0.2) is 162 Å². The van der Waals surface area contributed by atoms with Crippen molar-refractivity contribution in [3.8, 4) is 22.5 Å². The van der Waals surface area contributed by atoms with Gasteiger partial charge in [0.15, 0.2) is 0 Å². The van der Waals surface area contributed by atoms with E-state index in [2.05, 4.69) is 114 Å². The van der Waals surface area contributed by atoms with E-state index >= 15 is 0 Å². The molecule has 0 saturated carbocycles. The number of rotatable bonds is 6. The molecule has 0 amide bonds. The summed E-state index contributed by atoms with van der Waals surface area (Å²) < 4.78 is 6.12. The Morgan fingerprint density at radius 3 is 2.13 bits per heavy atom. The van der Waals surface area contributed by atoms with Crippen LogP contribution in [0.2, 0.25) is 0 Å². The number of pyridine rings is 2. The molecule has 1 radical (unpaired) electrons. The van der Waals surface area contributed by atoms with Crippen LogP contribution in [0, 0.1) is 12.1 Å². The molecule has 8 aromatic rings. The van der Waals surface area contributed by atoms with Gasteiger partial charge in [0.05, 0.1) is 5.58 Å². The normalized spacial score (nSPS) is 11.3. The number of hydrogen-bond acceptors (Lipinski definition) is 3. The van der Waals surface area contributed by atoms with Crippen LogP contribution in [0.1, 0.15) is 35.1 Å². The molecule has 0 N–H and O–H groups in total. The molecule has 231 valence electrons. The first kappa shape index (κ1) is 31.8. The van der Waals surface area contributed by atoms with Crippen LogP contribution in [-0.2, 0) is 26.5 Å². The van der Waals surface area contributed by atoms with Crippen molar-refractivity contribution in [2.24, 2.45) is 0 Å². The molecule has 0 saturated heterocycles. The first-order valence-corrected chi connectivity index (χ1v) is 15.5. The van der Waals surface area contributed by atoms with Crippen molar-refractivity contribution in [2.75, 3.05) is 0 Å². The Morgan fingerprint density at radius 2 is 1.32 bits per heavy atom. The second kappa shape index (κ2) is 15.0. The summed E-state index contributed by atoms with van der Waals surface area (Å²) in [5.41, 5.74) is 10.7. The first-order chi connectivity index (χ1) is 22.7. The fourth-order valence-corrected chi connectivity index (χ4v) is 5.78. The monoisotopic (exact) mass is 785 g/mol. The maximum atomic E-state index is 6.12. The molecule has 0 aliphatic carbocycles. The van der Waals surface area contributed by atoms with Crippen LogP contribution in [0.4, 0.5) is 0 Å². The summed E-state index contributed by atoms with van der Waals surface area (Å²) in [5.74, 6) is 0.363. The molecule has 0 fully saturated rings. The Hall–Kier alpha value is -5.15. The Kier molecular flexibility index (Phi) is 10.1. The van der Waals surface area contributed by atoms with Gasteiger partial charge in [0.25, 0.3) is 0 Å². The number of aromatic nitrogens is 2. The minimum Gasteiger partial charge on any atom is -0.501 e.